The van der Waals surface area contributed by atoms with E-state index < -0.39 is 0 Å². The van der Waals surface area contributed by atoms with Crippen molar-refractivity contribution in [2.45, 2.75) is 32.0 Å². The Balaban J connectivity index is 2.05. The van der Waals surface area contributed by atoms with Gasteiger partial charge in [0.25, 0.3) is 0 Å². The fourth-order valence-electron chi connectivity index (χ4n) is 2.10. The van der Waals surface area contributed by atoms with E-state index in [0.29, 0.717) is 6.54 Å². The summed E-state index contributed by atoms with van der Waals surface area (Å²) in [5.41, 5.74) is 1.03. The Bertz CT molecular complexity index is 422. The molecule has 1 heterocycles. The molecule has 3 nitrogen and oxygen atoms in total. The highest BCUT2D eigenvalue weighted by atomic mass is 35.5. The van der Waals surface area contributed by atoms with Crippen LogP contribution >= 0.6 is 11.6 Å². The number of carbonyl (C=O) groups is 1. The molecule has 1 saturated heterocycles. The van der Waals surface area contributed by atoms with Crippen LogP contribution in [-0.4, -0.2) is 30.1 Å². The average Bonchev–Trinajstić information content (AvgIpc) is 2.61. The number of hydrogen-bond acceptors (Lipinski definition) is 3. The van der Waals surface area contributed by atoms with Gasteiger partial charge < -0.3 is 4.74 Å². The number of hydrogen-bond donors (Lipinski definition) is 0. The van der Waals surface area contributed by atoms with Gasteiger partial charge in [-0.25, -0.2) is 0 Å². The van der Waals surface area contributed by atoms with Gasteiger partial charge >= 0.3 is 5.97 Å². The van der Waals surface area contributed by atoms with Crippen molar-refractivity contribution in [3.05, 3.63) is 34.9 Å². The first-order valence-electron chi connectivity index (χ1n) is 5.72. The van der Waals surface area contributed by atoms with E-state index in [1.54, 1.807) is 0 Å². The Morgan fingerprint density at radius 1 is 1.47 bits per heavy atom. The summed E-state index contributed by atoms with van der Waals surface area (Å²) in [7, 11) is 1.92. The van der Waals surface area contributed by atoms with Gasteiger partial charge in [0.2, 0.25) is 0 Å². The zero-order valence-electron chi connectivity index (χ0n) is 10.0. The van der Waals surface area contributed by atoms with Crippen molar-refractivity contribution >= 4 is 17.6 Å². The summed E-state index contributed by atoms with van der Waals surface area (Å²) in [5, 5.41) is 0.735. The number of ether oxygens (including phenoxy) is 1. The van der Waals surface area contributed by atoms with Crippen molar-refractivity contribution in [2.75, 3.05) is 7.05 Å². The number of esters is 1. The van der Waals surface area contributed by atoms with Crippen LogP contribution < -0.4 is 0 Å². The van der Waals surface area contributed by atoms with Crippen LogP contribution in [-0.2, 0) is 16.1 Å². The van der Waals surface area contributed by atoms with Gasteiger partial charge in [-0.2, -0.15) is 0 Å². The van der Waals surface area contributed by atoms with Crippen molar-refractivity contribution in [3.63, 3.8) is 0 Å². The van der Waals surface area contributed by atoms with Gasteiger partial charge in [0, 0.05) is 18.0 Å². The van der Waals surface area contributed by atoms with Crippen LogP contribution in [0.4, 0.5) is 0 Å². The molecule has 0 aliphatic carbocycles. The Labute approximate surface area is 106 Å². The number of benzene rings is 1. The van der Waals surface area contributed by atoms with E-state index in [-0.39, 0.29) is 18.1 Å². The first-order chi connectivity index (χ1) is 8.08. The highest BCUT2D eigenvalue weighted by Gasteiger charge is 2.34. The third kappa shape index (κ3) is 2.79. The first-order valence-corrected chi connectivity index (χ1v) is 6.10. The number of carbonyl (C=O) groups excluding carboxylic acids is 1. The minimum absolute atomic E-state index is 0.0150. The maximum absolute atomic E-state index is 11.6. The molecular formula is C13H16ClNO2. The van der Waals surface area contributed by atoms with E-state index in [0.717, 1.165) is 17.0 Å². The van der Waals surface area contributed by atoms with Gasteiger partial charge in [0.1, 0.15) is 12.1 Å². The largest absolute Gasteiger partial charge is 0.461 e. The molecule has 1 aromatic rings. The van der Waals surface area contributed by atoms with E-state index >= 15 is 0 Å². The smallest absolute Gasteiger partial charge is 0.323 e. The molecule has 2 rings (SSSR count). The quantitative estimate of drug-likeness (QED) is 0.775. The molecule has 0 aromatic heterocycles. The first kappa shape index (κ1) is 12.4. The van der Waals surface area contributed by atoms with E-state index in [2.05, 4.69) is 0 Å². The summed E-state index contributed by atoms with van der Waals surface area (Å²) < 4.78 is 5.15. The Kier molecular flexibility index (Phi) is 3.69. The zero-order valence-corrected chi connectivity index (χ0v) is 10.8. The van der Waals surface area contributed by atoms with Crippen LogP contribution in [0, 0.1) is 0 Å². The van der Waals surface area contributed by atoms with Crippen LogP contribution in [0.25, 0.3) is 0 Å². The molecule has 0 bridgehead atoms. The lowest BCUT2D eigenvalue weighted by Crippen LogP contribution is -2.34. The summed E-state index contributed by atoms with van der Waals surface area (Å²) in [6.07, 6.45) is 0.765. The van der Waals surface area contributed by atoms with Crippen molar-refractivity contribution < 1.29 is 9.53 Å². The minimum atomic E-state index is -0.152. The third-order valence-electron chi connectivity index (χ3n) is 3.05. The van der Waals surface area contributed by atoms with Crippen LogP contribution in [0.1, 0.15) is 18.9 Å². The summed E-state index contributed by atoms with van der Waals surface area (Å²) in [6, 6.07) is 7.53. The molecule has 1 aliphatic heterocycles. The van der Waals surface area contributed by atoms with Crippen LogP contribution in [0.15, 0.2) is 24.3 Å². The summed E-state index contributed by atoms with van der Waals surface area (Å²) in [6.45, 7) is 2.58. The molecule has 0 amide bonds. The third-order valence-corrected chi connectivity index (χ3v) is 3.42. The minimum Gasteiger partial charge on any atom is -0.461 e. The Morgan fingerprint density at radius 2 is 2.18 bits per heavy atom. The molecule has 1 fully saturated rings. The molecule has 17 heavy (non-hydrogen) atoms. The number of nitrogens with zero attached hydrogens (tertiary/aromatic N) is 1. The second-order valence-electron chi connectivity index (χ2n) is 4.51. The number of halogens is 1. The van der Waals surface area contributed by atoms with E-state index in [9.17, 15) is 4.79 Å². The molecule has 0 unspecified atom stereocenters. The maximum Gasteiger partial charge on any atom is 0.323 e. The summed E-state index contributed by atoms with van der Waals surface area (Å²) >= 11 is 6.10. The molecule has 0 N–H and O–H groups in total. The molecule has 0 spiro atoms. The number of rotatable bonds is 3. The molecule has 1 aliphatic rings. The highest BCUT2D eigenvalue weighted by molar-refractivity contribution is 6.31. The van der Waals surface area contributed by atoms with Crippen molar-refractivity contribution in [1.29, 1.82) is 0 Å². The Morgan fingerprint density at radius 3 is 2.76 bits per heavy atom. The SMILES string of the molecule is C[C@H]1C[C@H](N(C)Cc2ccccc2Cl)C(=O)O1. The van der Waals surface area contributed by atoms with Gasteiger partial charge in [-0.1, -0.05) is 29.8 Å². The van der Waals surface area contributed by atoms with Gasteiger partial charge in [-0.15, -0.1) is 0 Å². The van der Waals surface area contributed by atoms with Gasteiger partial charge in [0.15, 0.2) is 0 Å². The second-order valence-corrected chi connectivity index (χ2v) is 4.91. The van der Waals surface area contributed by atoms with Gasteiger partial charge in [0.05, 0.1) is 0 Å². The van der Waals surface area contributed by atoms with E-state index in [1.807, 2.05) is 43.1 Å². The average molecular weight is 254 g/mol. The lowest BCUT2D eigenvalue weighted by Gasteiger charge is -2.21. The van der Waals surface area contributed by atoms with E-state index in [1.165, 1.54) is 0 Å². The normalized spacial score (nSPS) is 24.1. The van der Waals surface area contributed by atoms with Crippen LogP contribution in [0.5, 0.6) is 0 Å². The summed E-state index contributed by atoms with van der Waals surface area (Å²) in [4.78, 5) is 13.6. The van der Waals surface area contributed by atoms with Crippen LogP contribution in [0.3, 0.4) is 0 Å². The lowest BCUT2D eigenvalue weighted by atomic mass is 10.1. The molecular weight excluding hydrogens is 238 g/mol. The van der Waals surface area contributed by atoms with E-state index in [4.69, 9.17) is 16.3 Å². The second kappa shape index (κ2) is 5.07. The predicted molar refractivity (Wildman–Crippen MR) is 66.9 cm³/mol. The van der Waals surface area contributed by atoms with Gasteiger partial charge in [-0.3, -0.25) is 9.69 Å². The van der Waals surface area contributed by atoms with Crippen LogP contribution in [0.2, 0.25) is 5.02 Å². The standard InChI is InChI=1S/C13H16ClNO2/c1-9-7-12(13(16)17-9)15(2)8-10-5-3-4-6-11(10)14/h3-6,9,12H,7-8H2,1-2H3/t9-,12-/m0/s1. The number of cyclic esters (lactones) is 1. The molecule has 2 atom stereocenters. The fourth-order valence-corrected chi connectivity index (χ4v) is 2.30. The lowest BCUT2D eigenvalue weighted by molar-refractivity contribution is -0.144. The summed E-state index contributed by atoms with van der Waals surface area (Å²) in [5.74, 6) is -0.132. The predicted octanol–water partition coefficient (Wildman–Crippen LogP) is 2.48. The Hall–Kier alpha value is -1.06. The molecule has 4 heteroatoms. The van der Waals surface area contributed by atoms with Crippen molar-refractivity contribution in [3.8, 4) is 0 Å². The fraction of sp³-hybridized carbons (Fsp3) is 0.462. The highest BCUT2D eigenvalue weighted by Crippen LogP contribution is 2.22. The van der Waals surface area contributed by atoms with Crippen molar-refractivity contribution in [2.24, 2.45) is 0 Å². The topological polar surface area (TPSA) is 29.5 Å². The zero-order chi connectivity index (χ0) is 12.4. The molecule has 92 valence electrons. The number of likely N-dealkylation sites (N-methyl/N-ethyl adjacent to an activating group) is 1. The monoisotopic (exact) mass is 253 g/mol. The van der Waals surface area contributed by atoms with Gasteiger partial charge in [-0.05, 0) is 25.6 Å². The molecule has 1 aromatic carbocycles. The maximum atomic E-state index is 11.6. The van der Waals surface area contributed by atoms with Crippen molar-refractivity contribution in [1.82, 2.24) is 4.90 Å². The molecule has 0 saturated carbocycles. The molecule has 0 radical (unpaired) electrons.